The molecule has 0 bridgehead atoms. The van der Waals surface area contributed by atoms with Gasteiger partial charge >= 0.3 is 6.18 Å². The molecule has 1 aromatic heterocycles. The van der Waals surface area contributed by atoms with Gasteiger partial charge in [-0.2, -0.15) is 13.2 Å². The van der Waals surface area contributed by atoms with Gasteiger partial charge in [-0.05, 0) is 18.2 Å². The van der Waals surface area contributed by atoms with Crippen LogP contribution in [0.1, 0.15) is 11.7 Å². The summed E-state index contributed by atoms with van der Waals surface area (Å²) >= 11 is 0. The zero-order valence-electron chi connectivity index (χ0n) is 9.63. The fraction of sp³-hybridized carbons (Fsp3) is 0.154. The van der Waals surface area contributed by atoms with E-state index >= 15 is 0 Å². The quantitative estimate of drug-likeness (QED) is 0.927. The molecule has 0 spiro atoms. The summed E-state index contributed by atoms with van der Waals surface area (Å²) in [4.78, 5) is 3.65. The second-order valence-electron chi connectivity index (χ2n) is 3.82. The number of benzene rings is 1. The largest absolute Gasteiger partial charge is 0.508 e. The summed E-state index contributed by atoms with van der Waals surface area (Å²) in [5.74, 6) is -0.226. The fourth-order valence-electron chi connectivity index (χ4n) is 1.55. The third-order valence-electron chi connectivity index (χ3n) is 2.36. The van der Waals surface area contributed by atoms with Gasteiger partial charge in [0.1, 0.15) is 11.5 Å². The van der Waals surface area contributed by atoms with E-state index in [9.17, 15) is 18.3 Å². The molecule has 100 valence electrons. The summed E-state index contributed by atoms with van der Waals surface area (Å²) in [5.41, 5.74) is -0.0988. The summed E-state index contributed by atoms with van der Waals surface area (Å²) in [5, 5.41) is 9.23. The lowest BCUT2D eigenvalue weighted by atomic mass is 10.1. The normalized spacial score (nSPS) is 13.0. The van der Waals surface area contributed by atoms with Gasteiger partial charge in [0.25, 0.3) is 0 Å². The van der Waals surface area contributed by atoms with Crippen LogP contribution in [0.2, 0.25) is 0 Å². The molecular weight excluding hydrogens is 259 g/mol. The van der Waals surface area contributed by atoms with E-state index in [1.807, 2.05) is 0 Å². The first-order valence-corrected chi connectivity index (χ1v) is 5.39. The molecule has 0 aliphatic rings. The third-order valence-corrected chi connectivity index (χ3v) is 2.36. The summed E-state index contributed by atoms with van der Waals surface area (Å²) in [6.07, 6.45) is -4.22. The fourth-order valence-corrected chi connectivity index (χ4v) is 1.55. The Hall–Kier alpha value is -2.24. The number of ether oxygens (including phenoxy) is 1. The van der Waals surface area contributed by atoms with Crippen LogP contribution in [0.4, 0.5) is 13.2 Å². The van der Waals surface area contributed by atoms with Crippen molar-refractivity contribution in [1.29, 1.82) is 0 Å². The number of phenols is 1. The lowest BCUT2D eigenvalue weighted by Crippen LogP contribution is -2.26. The maximum absolute atomic E-state index is 13.0. The lowest BCUT2D eigenvalue weighted by molar-refractivity contribution is -0.198. The minimum Gasteiger partial charge on any atom is -0.508 e. The molecule has 3 nitrogen and oxygen atoms in total. The van der Waals surface area contributed by atoms with Crippen molar-refractivity contribution in [1.82, 2.24) is 4.98 Å². The number of aromatic hydroxyl groups is 1. The highest BCUT2D eigenvalue weighted by Gasteiger charge is 2.43. The van der Waals surface area contributed by atoms with Gasteiger partial charge in [0, 0.05) is 24.0 Å². The third kappa shape index (κ3) is 3.37. The van der Waals surface area contributed by atoms with E-state index in [1.54, 1.807) is 0 Å². The predicted molar refractivity (Wildman–Crippen MR) is 61.8 cm³/mol. The molecule has 1 aromatic carbocycles. The van der Waals surface area contributed by atoms with Crippen molar-refractivity contribution in [3.63, 3.8) is 0 Å². The van der Waals surface area contributed by atoms with Gasteiger partial charge in [-0.1, -0.05) is 12.1 Å². The predicted octanol–water partition coefficient (Wildman–Crippen LogP) is 3.47. The van der Waals surface area contributed by atoms with Crippen molar-refractivity contribution in [3.8, 4) is 11.5 Å². The minimum atomic E-state index is -4.57. The van der Waals surface area contributed by atoms with Crippen LogP contribution >= 0.6 is 0 Å². The van der Waals surface area contributed by atoms with Crippen LogP contribution in [-0.4, -0.2) is 16.3 Å². The van der Waals surface area contributed by atoms with Gasteiger partial charge in [-0.25, -0.2) is 0 Å². The number of halogens is 3. The Labute approximate surface area is 107 Å². The maximum Gasteiger partial charge on any atom is 0.429 e. The van der Waals surface area contributed by atoms with E-state index in [0.717, 1.165) is 12.3 Å². The molecule has 0 aliphatic carbocycles. The van der Waals surface area contributed by atoms with Crippen LogP contribution in [0.5, 0.6) is 11.5 Å². The number of aromatic nitrogens is 1. The van der Waals surface area contributed by atoms with Crippen LogP contribution in [-0.2, 0) is 0 Å². The first-order chi connectivity index (χ1) is 8.97. The molecule has 6 heteroatoms. The molecule has 0 radical (unpaired) electrons. The average molecular weight is 269 g/mol. The highest BCUT2D eigenvalue weighted by molar-refractivity contribution is 5.32. The Morgan fingerprint density at radius 3 is 2.53 bits per heavy atom. The molecule has 1 unspecified atom stereocenters. The Balaban J connectivity index is 2.30. The van der Waals surface area contributed by atoms with Gasteiger partial charge in [0.05, 0.1) is 0 Å². The Bertz CT molecular complexity index is 543. The molecule has 1 atom stereocenters. The maximum atomic E-state index is 13.0. The van der Waals surface area contributed by atoms with E-state index in [4.69, 9.17) is 4.74 Å². The summed E-state index contributed by atoms with van der Waals surface area (Å²) < 4.78 is 43.9. The molecule has 0 amide bonds. The van der Waals surface area contributed by atoms with Crippen LogP contribution in [0, 0.1) is 0 Å². The highest BCUT2D eigenvalue weighted by atomic mass is 19.4. The molecular formula is C13H10F3NO2. The van der Waals surface area contributed by atoms with E-state index < -0.39 is 12.3 Å². The molecule has 2 rings (SSSR count). The summed E-state index contributed by atoms with van der Waals surface area (Å²) in [6.45, 7) is 0. The van der Waals surface area contributed by atoms with E-state index in [-0.39, 0.29) is 17.1 Å². The van der Waals surface area contributed by atoms with Crippen molar-refractivity contribution >= 4 is 0 Å². The van der Waals surface area contributed by atoms with Crippen molar-refractivity contribution in [2.75, 3.05) is 0 Å². The molecule has 0 fully saturated rings. The molecule has 1 N–H and O–H groups in total. The standard InChI is InChI=1S/C13H10F3NO2/c14-13(15,16)12(9-3-2-6-17-8-9)19-11-5-1-4-10(18)7-11/h1-8,12,18H. The second kappa shape index (κ2) is 5.17. The number of rotatable bonds is 3. The number of phenolic OH excluding ortho intramolecular Hbond substituents is 1. The Kier molecular flexibility index (Phi) is 3.59. The van der Waals surface area contributed by atoms with Crippen molar-refractivity contribution in [2.45, 2.75) is 12.3 Å². The molecule has 19 heavy (non-hydrogen) atoms. The molecule has 0 aliphatic heterocycles. The monoisotopic (exact) mass is 269 g/mol. The number of alkyl halides is 3. The molecule has 0 saturated carbocycles. The van der Waals surface area contributed by atoms with E-state index in [2.05, 4.69) is 4.98 Å². The SMILES string of the molecule is Oc1cccc(OC(c2cccnc2)C(F)(F)F)c1. The zero-order valence-corrected chi connectivity index (χ0v) is 9.63. The first-order valence-electron chi connectivity index (χ1n) is 5.39. The topological polar surface area (TPSA) is 42.4 Å². The highest BCUT2D eigenvalue weighted by Crippen LogP contribution is 2.36. The second-order valence-corrected chi connectivity index (χ2v) is 3.82. The van der Waals surface area contributed by atoms with Gasteiger partial charge in [-0.3, -0.25) is 4.98 Å². The van der Waals surface area contributed by atoms with Crippen LogP contribution < -0.4 is 4.74 Å². The summed E-state index contributed by atoms with van der Waals surface area (Å²) in [6, 6.07) is 7.90. The molecule has 0 saturated heterocycles. The van der Waals surface area contributed by atoms with E-state index in [0.29, 0.717) is 0 Å². The van der Waals surface area contributed by atoms with Crippen molar-refractivity contribution in [2.24, 2.45) is 0 Å². The van der Waals surface area contributed by atoms with Crippen LogP contribution in [0.15, 0.2) is 48.8 Å². The number of pyridine rings is 1. The van der Waals surface area contributed by atoms with Crippen LogP contribution in [0.3, 0.4) is 0 Å². The first kappa shape index (κ1) is 13.2. The van der Waals surface area contributed by atoms with Crippen molar-refractivity contribution < 1.29 is 23.0 Å². The number of nitrogens with zero attached hydrogens (tertiary/aromatic N) is 1. The Morgan fingerprint density at radius 2 is 1.95 bits per heavy atom. The Morgan fingerprint density at radius 1 is 1.16 bits per heavy atom. The molecule has 1 heterocycles. The molecule has 2 aromatic rings. The van der Waals surface area contributed by atoms with Gasteiger partial charge in [-0.15, -0.1) is 0 Å². The van der Waals surface area contributed by atoms with Gasteiger partial charge < -0.3 is 9.84 Å². The summed E-state index contributed by atoms with van der Waals surface area (Å²) in [7, 11) is 0. The lowest BCUT2D eigenvalue weighted by Gasteiger charge is -2.21. The van der Waals surface area contributed by atoms with E-state index in [1.165, 1.54) is 36.5 Å². The van der Waals surface area contributed by atoms with Gasteiger partial charge in [0.2, 0.25) is 6.10 Å². The number of hydrogen-bond donors (Lipinski definition) is 1. The van der Waals surface area contributed by atoms with Gasteiger partial charge in [0.15, 0.2) is 0 Å². The zero-order chi connectivity index (χ0) is 13.9. The van der Waals surface area contributed by atoms with Crippen LogP contribution in [0.25, 0.3) is 0 Å². The smallest absolute Gasteiger partial charge is 0.429 e. The van der Waals surface area contributed by atoms with Crippen molar-refractivity contribution in [3.05, 3.63) is 54.4 Å². The minimum absolute atomic E-state index is 0.0637. The number of hydrogen-bond acceptors (Lipinski definition) is 3. The average Bonchev–Trinajstić information content (AvgIpc) is 2.36.